The van der Waals surface area contributed by atoms with Crippen LogP contribution >= 0.6 is 11.3 Å². The number of imidazole rings is 1. The summed E-state index contributed by atoms with van der Waals surface area (Å²) in [5, 5.41) is 3.64. The summed E-state index contributed by atoms with van der Waals surface area (Å²) in [5.41, 5.74) is 1.29. The normalized spacial score (nSPS) is 15.7. The maximum Gasteiger partial charge on any atom is 0.265 e. The van der Waals surface area contributed by atoms with E-state index in [1.807, 2.05) is 12.1 Å². The number of nitrogens with one attached hydrogen (secondary N) is 1. The maximum atomic E-state index is 14.3. The first kappa shape index (κ1) is 20.8. The number of hydrogen-bond acceptors (Lipinski definition) is 7. The first-order valence-corrected chi connectivity index (χ1v) is 10.9. The highest BCUT2D eigenvalue weighted by Gasteiger charge is 2.39. The number of thiophene rings is 1. The van der Waals surface area contributed by atoms with Crippen LogP contribution in [0.3, 0.4) is 0 Å². The van der Waals surface area contributed by atoms with Crippen molar-refractivity contribution in [2.45, 2.75) is 19.1 Å². The van der Waals surface area contributed by atoms with Crippen molar-refractivity contribution in [3.8, 4) is 0 Å². The van der Waals surface area contributed by atoms with Crippen LogP contribution in [0, 0.1) is 12.7 Å². The molecule has 1 amide bonds. The molecule has 0 saturated carbocycles. The fourth-order valence-electron chi connectivity index (χ4n) is 4.00. The lowest BCUT2D eigenvalue weighted by atomic mass is 10.2. The van der Waals surface area contributed by atoms with Crippen molar-refractivity contribution < 1.29 is 18.7 Å². The monoisotopic (exact) mass is 455 g/mol. The summed E-state index contributed by atoms with van der Waals surface area (Å²) in [6.45, 7) is 3.13. The Morgan fingerprint density at radius 2 is 2.03 bits per heavy atom. The molecular formula is C22H22FN5O3S. The molecule has 1 N–H and O–H groups in total. The van der Waals surface area contributed by atoms with E-state index in [-0.39, 0.29) is 11.6 Å². The number of pyridine rings is 2. The zero-order chi connectivity index (χ0) is 22.5. The molecule has 0 aliphatic carbocycles. The predicted molar refractivity (Wildman–Crippen MR) is 121 cm³/mol. The fraction of sp³-hybridized carbons (Fsp3) is 0.318. The first-order chi connectivity index (χ1) is 15.4. The summed E-state index contributed by atoms with van der Waals surface area (Å²) >= 11 is 1.30. The Morgan fingerprint density at radius 3 is 2.78 bits per heavy atom. The molecule has 1 aliphatic heterocycles. The Morgan fingerprint density at radius 1 is 1.22 bits per heavy atom. The van der Waals surface area contributed by atoms with E-state index in [9.17, 15) is 9.18 Å². The van der Waals surface area contributed by atoms with Crippen LogP contribution < -0.4 is 10.2 Å². The summed E-state index contributed by atoms with van der Waals surface area (Å²) in [7, 11) is 3.29. The van der Waals surface area contributed by atoms with Crippen molar-refractivity contribution in [2.75, 3.05) is 37.5 Å². The van der Waals surface area contributed by atoms with Crippen LogP contribution in [0.15, 0.2) is 36.7 Å². The van der Waals surface area contributed by atoms with Gasteiger partial charge in [-0.05, 0) is 25.1 Å². The molecule has 8 nitrogen and oxygen atoms in total. The van der Waals surface area contributed by atoms with Crippen LogP contribution in [0.25, 0.3) is 15.9 Å². The number of rotatable bonds is 5. The van der Waals surface area contributed by atoms with Crippen LogP contribution in [-0.4, -0.2) is 53.4 Å². The summed E-state index contributed by atoms with van der Waals surface area (Å²) in [5.74, 6) is -0.622. The topological polar surface area (TPSA) is 81.0 Å². The van der Waals surface area contributed by atoms with E-state index in [4.69, 9.17) is 14.5 Å². The molecule has 166 valence electrons. The second-order valence-electron chi connectivity index (χ2n) is 7.81. The number of aromatic nitrogens is 3. The van der Waals surface area contributed by atoms with Crippen LogP contribution in [0.2, 0.25) is 0 Å². The number of aryl methyl sites for hydroxylation is 1. The van der Waals surface area contributed by atoms with Crippen molar-refractivity contribution in [1.29, 1.82) is 0 Å². The number of carbonyl (C=O) groups is 1. The number of amides is 1. The third kappa shape index (κ3) is 3.60. The van der Waals surface area contributed by atoms with Gasteiger partial charge in [0, 0.05) is 51.0 Å². The summed E-state index contributed by atoms with van der Waals surface area (Å²) in [4.78, 5) is 25.1. The highest BCUT2D eigenvalue weighted by Crippen LogP contribution is 2.32. The first-order valence-electron chi connectivity index (χ1n) is 10.1. The van der Waals surface area contributed by atoms with Gasteiger partial charge in [-0.3, -0.25) is 4.79 Å². The van der Waals surface area contributed by atoms with E-state index in [1.54, 1.807) is 44.0 Å². The number of nitrogens with zero attached hydrogens (tertiary/aromatic N) is 4. The van der Waals surface area contributed by atoms with E-state index in [1.165, 1.54) is 17.4 Å². The lowest BCUT2D eigenvalue weighted by molar-refractivity contribution is -0.189. The zero-order valence-corrected chi connectivity index (χ0v) is 18.7. The fourth-order valence-corrected chi connectivity index (χ4v) is 4.92. The molecule has 10 heteroatoms. The van der Waals surface area contributed by atoms with Crippen molar-refractivity contribution in [3.05, 3.63) is 53.0 Å². The van der Waals surface area contributed by atoms with Crippen LogP contribution in [0.4, 0.5) is 15.9 Å². The molecule has 4 aromatic heterocycles. The second-order valence-corrected chi connectivity index (χ2v) is 8.84. The zero-order valence-electron chi connectivity index (χ0n) is 17.9. The molecule has 0 spiro atoms. The van der Waals surface area contributed by atoms with Crippen LogP contribution in [-0.2, 0) is 9.47 Å². The Kier molecular flexibility index (Phi) is 5.07. The van der Waals surface area contributed by atoms with Gasteiger partial charge in [0.2, 0.25) is 0 Å². The number of anilines is 2. The maximum absolute atomic E-state index is 14.3. The SMILES string of the molecule is COC1(OC)CCN(c2ccc3cc(C(=O)Nc4cc(F)c5nc(C)cn5c4)sc3n2)C1. The predicted octanol–water partition coefficient (Wildman–Crippen LogP) is 3.84. The van der Waals surface area contributed by atoms with E-state index >= 15 is 0 Å². The quantitative estimate of drug-likeness (QED) is 0.461. The molecule has 0 bridgehead atoms. The van der Waals surface area contributed by atoms with Gasteiger partial charge in [0.25, 0.3) is 5.91 Å². The molecule has 5 heterocycles. The van der Waals surface area contributed by atoms with Gasteiger partial charge in [-0.2, -0.15) is 0 Å². The molecule has 0 unspecified atom stereocenters. The van der Waals surface area contributed by atoms with E-state index < -0.39 is 11.6 Å². The van der Waals surface area contributed by atoms with Crippen molar-refractivity contribution in [2.24, 2.45) is 0 Å². The van der Waals surface area contributed by atoms with Gasteiger partial charge in [-0.15, -0.1) is 11.3 Å². The standard InChI is InChI=1S/C22H22FN5O3S/c1-13-10-28-11-15(9-16(23)19(28)24-13)25-20(29)17-8-14-4-5-18(26-21(14)32-17)27-7-6-22(12-27,30-2)31-3/h4-5,8-11H,6-7,12H2,1-3H3,(H,25,29). The summed E-state index contributed by atoms with van der Waals surface area (Å²) in [6, 6.07) is 6.95. The molecular weight excluding hydrogens is 433 g/mol. The number of halogens is 1. The lowest BCUT2D eigenvalue weighted by Gasteiger charge is -2.26. The van der Waals surface area contributed by atoms with E-state index in [0.717, 1.165) is 29.0 Å². The average molecular weight is 456 g/mol. The third-order valence-corrected chi connectivity index (χ3v) is 6.78. The number of hydrogen-bond donors (Lipinski definition) is 1. The van der Waals surface area contributed by atoms with Gasteiger partial charge in [0.05, 0.1) is 22.8 Å². The lowest BCUT2D eigenvalue weighted by Crippen LogP contribution is -2.37. The van der Waals surface area contributed by atoms with Crippen LogP contribution in [0.5, 0.6) is 0 Å². The molecule has 5 rings (SSSR count). The highest BCUT2D eigenvalue weighted by atomic mass is 32.1. The van der Waals surface area contributed by atoms with Gasteiger partial charge in [-0.1, -0.05) is 0 Å². The van der Waals surface area contributed by atoms with Gasteiger partial charge >= 0.3 is 0 Å². The molecule has 1 fully saturated rings. The third-order valence-electron chi connectivity index (χ3n) is 5.74. The Balaban J connectivity index is 1.37. The molecule has 1 saturated heterocycles. The largest absolute Gasteiger partial charge is 0.351 e. The van der Waals surface area contributed by atoms with Gasteiger partial charge in [0.15, 0.2) is 17.3 Å². The summed E-state index contributed by atoms with van der Waals surface area (Å²) < 4.78 is 27.0. The van der Waals surface area contributed by atoms with Gasteiger partial charge < -0.3 is 24.1 Å². The second kappa shape index (κ2) is 7.80. The molecule has 0 atom stereocenters. The average Bonchev–Trinajstić information content (AvgIpc) is 3.49. The number of methoxy groups -OCH3 is 2. The van der Waals surface area contributed by atoms with Gasteiger partial charge in [0.1, 0.15) is 10.6 Å². The van der Waals surface area contributed by atoms with Gasteiger partial charge in [-0.25, -0.2) is 14.4 Å². The number of fused-ring (bicyclic) bond motifs is 2. The number of ether oxygens (including phenoxy) is 2. The Labute approximate surface area is 187 Å². The van der Waals surface area contributed by atoms with E-state index in [0.29, 0.717) is 22.8 Å². The minimum atomic E-state index is -0.624. The number of carbonyl (C=O) groups excluding carboxylic acids is 1. The molecule has 1 aliphatic rings. The molecule has 0 aromatic carbocycles. The van der Waals surface area contributed by atoms with Crippen LogP contribution in [0.1, 0.15) is 21.8 Å². The molecule has 4 aromatic rings. The Hall–Kier alpha value is -3.08. The Bertz CT molecular complexity index is 1330. The minimum absolute atomic E-state index is 0.229. The van der Waals surface area contributed by atoms with Crippen molar-refractivity contribution in [3.63, 3.8) is 0 Å². The summed E-state index contributed by atoms with van der Waals surface area (Å²) in [6.07, 6.45) is 4.10. The van der Waals surface area contributed by atoms with Crippen molar-refractivity contribution >= 4 is 44.6 Å². The molecule has 32 heavy (non-hydrogen) atoms. The smallest absolute Gasteiger partial charge is 0.265 e. The minimum Gasteiger partial charge on any atom is -0.351 e. The highest BCUT2D eigenvalue weighted by molar-refractivity contribution is 7.20. The molecule has 0 radical (unpaired) electrons. The van der Waals surface area contributed by atoms with Crippen molar-refractivity contribution in [1.82, 2.24) is 14.4 Å². The van der Waals surface area contributed by atoms with E-state index in [2.05, 4.69) is 15.2 Å².